The van der Waals surface area contributed by atoms with Crippen molar-refractivity contribution in [3.63, 3.8) is 0 Å². The zero-order chi connectivity index (χ0) is 40.9. The molecule has 1 heterocycles. The fraction of sp³-hybridized carbons (Fsp3) is 0.889. The molecule has 1 aliphatic carbocycles. The molecule has 2 aliphatic rings. The predicted octanol–water partition coefficient (Wildman–Crippen LogP) is 13.0. The molecule has 1 aliphatic heterocycles. The molecule has 0 aromatic heterocycles. The molecule has 0 radical (unpaired) electrons. The van der Waals surface area contributed by atoms with E-state index in [0.29, 0.717) is 18.8 Å². The Kier molecular flexibility index (Phi) is 34.2. The number of carbonyl (C=O) groups excluding carboxylic acids is 5. The van der Waals surface area contributed by atoms with Crippen LogP contribution in [0.25, 0.3) is 0 Å². The Morgan fingerprint density at radius 3 is 1.47 bits per heavy atom. The van der Waals surface area contributed by atoms with Gasteiger partial charge in [-0.2, -0.15) is 8.78 Å². The van der Waals surface area contributed by atoms with E-state index in [4.69, 9.17) is 23.7 Å². The third-order valence-corrected chi connectivity index (χ3v) is 9.85. The molecule has 0 spiro atoms. The lowest BCUT2D eigenvalue weighted by Gasteiger charge is -2.36. The molecular weight excluding hydrogens is 754 g/mol. The SMILES string of the molecule is C.C.C.C.C.C.CCC(C)(C)C(=O)OC1(C(C)C)CCCC1.CCC(C)(C)C(=O)OCC1COC(=O)O1.CCC(OC(=O)C(C)(C)CC)C(F)(F)C(=O)OC(C)(C)C. The molecule has 1 saturated heterocycles. The average Bonchev–Trinajstić information content (AvgIpc) is 3.71. The van der Waals surface area contributed by atoms with Crippen molar-refractivity contribution in [1.82, 2.24) is 0 Å². The first-order valence-corrected chi connectivity index (χ1v) is 18.6. The highest BCUT2D eigenvalue weighted by Gasteiger charge is 2.52. The van der Waals surface area contributed by atoms with Crippen molar-refractivity contribution in [2.75, 3.05) is 13.2 Å². The highest BCUT2D eigenvalue weighted by Crippen LogP contribution is 2.41. The van der Waals surface area contributed by atoms with Gasteiger partial charge in [-0.15, -0.1) is 0 Å². The van der Waals surface area contributed by atoms with Crippen molar-refractivity contribution < 1.29 is 61.2 Å². The predicted molar refractivity (Wildman–Crippen MR) is 233 cm³/mol. The number of rotatable bonds is 14. The molecule has 58 heavy (non-hydrogen) atoms. The Hall–Kier alpha value is -2.99. The summed E-state index contributed by atoms with van der Waals surface area (Å²) in [6.07, 6.45) is 3.26. The van der Waals surface area contributed by atoms with E-state index in [2.05, 4.69) is 18.6 Å². The molecule has 1 saturated carbocycles. The Bertz CT molecular complexity index is 1180. The highest BCUT2D eigenvalue weighted by molar-refractivity contribution is 5.81. The van der Waals surface area contributed by atoms with Crippen LogP contribution in [-0.2, 0) is 47.6 Å². The lowest BCUT2D eigenvalue weighted by Crippen LogP contribution is -2.48. The molecule has 0 N–H and O–H groups in total. The van der Waals surface area contributed by atoms with E-state index >= 15 is 0 Å². The van der Waals surface area contributed by atoms with Crippen molar-refractivity contribution in [2.45, 2.75) is 229 Å². The van der Waals surface area contributed by atoms with E-state index in [1.54, 1.807) is 20.8 Å². The summed E-state index contributed by atoms with van der Waals surface area (Å²) < 4.78 is 58.0. The second kappa shape index (κ2) is 28.5. The normalized spacial score (nSPS) is 16.2. The van der Waals surface area contributed by atoms with Crippen LogP contribution in [0.15, 0.2) is 0 Å². The maximum atomic E-state index is 14.1. The quantitative estimate of drug-likeness (QED) is 0.122. The van der Waals surface area contributed by atoms with Gasteiger partial charge in [-0.05, 0) is 120 Å². The van der Waals surface area contributed by atoms with Crippen molar-refractivity contribution in [3.05, 3.63) is 0 Å². The van der Waals surface area contributed by atoms with Crippen LogP contribution < -0.4 is 0 Å². The van der Waals surface area contributed by atoms with Gasteiger partial charge in [0.15, 0.2) is 12.2 Å². The first kappa shape index (κ1) is 69.6. The molecule has 0 aromatic rings. The molecule has 0 aromatic carbocycles. The number of carbonyl (C=O) groups is 5. The topological polar surface area (TPSA) is 141 Å². The first-order chi connectivity index (χ1) is 23.6. The van der Waals surface area contributed by atoms with Gasteiger partial charge in [-0.25, -0.2) is 9.59 Å². The summed E-state index contributed by atoms with van der Waals surface area (Å²) in [7, 11) is 0. The molecule has 2 rings (SSSR count). The van der Waals surface area contributed by atoms with Crippen molar-refractivity contribution in [2.24, 2.45) is 22.2 Å². The van der Waals surface area contributed by atoms with E-state index in [9.17, 15) is 32.8 Å². The van der Waals surface area contributed by atoms with Gasteiger partial charge in [0, 0.05) is 0 Å². The largest absolute Gasteiger partial charge is 0.508 e. The highest BCUT2D eigenvalue weighted by atomic mass is 19.3. The van der Waals surface area contributed by atoms with Gasteiger partial charge < -0.3 is 28.4 Å². The standard InChI is InChI=1S/C15H26F2O4.C14H26O2.C10H16O5.6CH4/c1-8-10(20-11(18)14(6,7)9-2)15(16,17)12(19)21-13(3,4)5;1-6-13(4,5)12(15)16-14(11(2)3)9-7-8-10-14;1-4-10(2,3)8(11)13-5-7-6-14-9(12)15-7;;;;;;/h10H,8-9H2,1-7H3;11H,6-10H2,1-5H3;7H,4-6H2,1-3H3;6*1H4. The lowest BCUT2D eigenvalue weighted by atomic mass is 9.86. The monoisotopic (exact) mass is 847 g/mol. The van der Waals surface area contributed by atoms with E-state index in [-0.39, 0.29) is 87.1 Å². The van der Waals surface area contributed by atoms with E-state index in [0.717, 1.165) is 19.3 Å². The molecule has 352 valence electrons. The fourth-order valence-corrected chi connectivity index (χ4v) is 4.52. The summed E-state index contributed by atoms with van der Waals surface area (Å²) in [6.45, 7) is 26.9. The number of hydrogen-bond donors (Lipinski definition) is 0. The summed E-state index contributed by atoms with van der Waals surface area (Å²) in [4.78, 5) is 57.8. The average molecular weight is 847 g/mol. The lowest BCUT2D eigenvalue weighted by molar-refractivity contribution is -0.209. The number of hydrogen-bond acceptors (Lipinski definition) is 11. The molecule has 2 unspecified atom stereocenters. The van der Waals surface area contributed by atoms with Crippen LogP contribution in [0, 0.1) is 22.2 Å². The minimum atomic E-state index is -3.87. The zero-order valence-electron chi connectivity index (χ0n) is 34.5. The molecule has 11 nitrogen and oxygen atoms in total. The molecule has 2 atom stereocenters. The van der Waals surface area contributed by atoms with Gasteiger partial charge in [0.25, 0.3) is 0 Å². The van der Waals surface area contributed by atoms with Crippen LogP contribution in [0.5, 0.6) is 0 Å². The minimum absolute atomic E-state index is 0. The maximum Gasteiger partial charge on any atom is 0.508 e. The zero-order valence-corrected chi connectivity index (χ0v) is 34.5. The smallest absolute Gasteiger partial charge is 0.461 e. The van der Waals surface area contributed by atoms with Gasteiger partial charge in [-0.3, -0.25) is 14.4 Å². The van der Waals surface area contributed by atoms with Crippen LogP contribution in [-0.4, -0.2) is 72.6 Å². The summed E-state index contributed by atoms with van der Waals surface area (Å²) in [5, 5.41) is 0. The summed E-state index contributed by atoms with van der Waals surface area (Å²) in [6, 6.07) is 0. The third-order valence-electron chi connectivity index (χ3n) is 9.85. The number of halogens is 2. The summed E-state index contributed by atoms with van der Waals surface area (Å²) in [5.74, 6) is -6.18. The number of ether oxygens (including phenoxy) is 6. The van der Waals surface area contributed by atoms with Crippen molar-refractivity contribution in [1.29, 1.82) is 0 Å². The van der Waals surface area contributed by atoms with Crippen LogP contribution >= 0.6 is 0 Å². The minimum Gasteiger partial charge on any atom is -0.461 e. The van der Waals surface area contributed by atoms with Gasteiger partial charge in [0.2, 0.25) is 0 Å². The number of esters is 4. The summed E-state index contributed by atoms with van der Waals surface area (Å²) >= 11 is 0. The Balaban J connectivity index is -0.000000130. The van der Waals surface area contributed by atoms with Crippen molar-refractivity contribution >= 4 is 30.0 Å². The van der Waals surface area contributed by atoms with Gasteiger partial charge in [0.1, 0.15) is 24.4 Å². The van der Waals surface area contributed by atoms with Crippen LogP contribution in [0.1, 0.15) is 200 Å². The fourth-order valence-electron chi connectivity index (χ4n) is 4.52. The van der Waals surface area contributed by atoms with E-state index in [1.165, 1.54) is 40.5 Å². The Morgan fingerprint density at radius 1 is 0.707 bits per heavy atom. The number of cyclic esters (lactones) is 2. The van der Waals surface area contributed by atoms with Crippen LogP contribution in [0.2, 0.25) is 0 Å². The second-order valence-electron chi connectivity index (χ2n) is 16.9. The molecule has 0 amide bonds. The second-order valence-corrected chi connectivity index (χ2v) is 16.9. The van der Waals surface area contributed by atoms with Crippen molar-refractivity contribution in [3.8, 4) is 0 Å². The van der Waals surface area contributed by atoms with Gasteiger partial charge in [0.05, 0.1) is 16.2 Å². The van der Waals surface area contributed by atoms with Crippen LogP contribution in [0.3, 0.4) is 0 Å². The summed E-state index contributed by atoms with van der Waals surface area (Å²) in [5.41, 5.74) is -2.93. The Morgan fingerprint density at radius 2 is 1.12 bits per heavy atom. The maximum absolute atomic E-state index is 14.1. The third kappa shape index (κ3) is 21.9. The van der Waals surface area contributed by atoms with E-state index < -0.39 is 52.7 Å². The Labute approximate surface area is 355 Å². The van der Waals surface area contributed by atoms with Gasteiger partial charge >= 0.3 is 36.0 Å². The molecule has 13 heteroatoms. The molecular formula is C45H92F2O11. The van der Waals surface area contributed by atoms with Gasteiger partial charge in [-0.1, -0.05) is 86.1 Å². The van der Waals surface area contributed by atoms with Crippen LogP contribution in [0.4, 0.5) is 13.6 Å². The first-order valence-electron chi connectivity index (χ1n) is 18.6. The van der Waals surface area contributed by atoms with E-state index in [1.807, 2.05) is 41.5 Å². The molecule has 0 bridgehead atoms. The number of alkyl halides is 2. The molecule has 2 fully saturated rings.